The molecule has 2 atom stereocenters. The number of halogens is 1. The van der Waals surface area contributed by atoms with Crippen LogP contribution in [0.1, 0.15) is 18.9 Å². The molecule has 1 saturated heterocycles. The van der Waals surface area contributed by atoms with Crippen molar-refractivity contribution in [2.24, 2.45) is 0 Å². The van der Waals surface area contributed by atoms with Gasteiger partial charge in [-0.05, 0) is 47.5 Å². The highest BCUT2D eigenvalue weighted by atomic mass is 79.9. The summed E-state index contributed by atoms with van der Waals surface area (Å²) in [5, 5.41) is 11.9. The Morgan fingerprint density at radius 1 is 1.58 bits per heavy atom. The van der Waals surface area contributed by atoms with Gasteiger partial charge in [-0.25, -0.2) is 0 Å². The van der Waals surface area contributed by atoms with Crippen molar-refractivity contribution < 1.29 is 4.79 Å². The molecule has 0 aliphatic carbocycles. The van der Waals surface area contributed by atoms with Crippen molar-refractivity contribution in [1.29, 1.82) is 5.26 Å². The van der Waals surface area contributed by atoms with E-state index < -0.39 is 6.04 Å². The number of carbonyl (C=O) groups excluding carboxylic acids is 1. The Hall–Kier alpha value is -1.38. The molecule has 0 bridgehead atoms. The van der Waals surface area contributed by atoms with Crippen LogP contribution in [0.4, 0.5) is 5.69 Å². The monoisotopic (exact) mass is 321 g/mol. The summed E-state index contributed by atoms with van der Waals surface area (Å²) in [5.41, 5.74) is 2.01. The van der Waals surface area contributed by atoms with Crippen LogP contribution in [0.5, 0.6) is 0 Å². The third-order valence-corrected chi connectivity index (χ3v) is 3.93. The lowest BCUT2D eigenvalue weighted by Crippen LogP contribution is -2.59. The molecule has 1 aliphatic rings. The molecule has 1 heterocycles. The molecule has 0 saturated carbocycles. The van der Waals surface area contributed by atoms with Gasteiger partial charge < -0.3 is 10.2 Å². The number of nitrogens with zero attached hydrogens (tertiary/aromatic N) is 2. The molecule has 1 amide bonds. The number of hydrogen-bond donors (Lipinski definition) is 1. The van der Waals surface area contributed by atoms with Crippen LogP contribution in [0.15, 0.2) is 22.7 Å². The molecular formula is C14H16BrN3O. The maximum absolute atomic E-state index is 12.5. The summed E-state index contributed by atoms with van der Waals surface area (Å²) in [7, 11) is 0. The van der Waals surface area contributed by atoms with Gasteiger partial charge >= 0.3 is 0 Å². The first-order valence-electron chi connectivity index (χ1n) is 6.24. The van der Waals surface area contributed by atoms with Crippen LogP contribution < -0.4 is 10.2 Å². The minimum atomic E-state index is -0.408. The molecule has 2 unspecified atom stereocenters. The summed E-state index contributed by atoms with van der Waals surface area (Å²) < 4.78 is 0.908. The zero-order valence-electron chi connectivity index (χ0n) is 11.0. The molecule has 19 heavy (non-hydrogen) atoms. The van der Waals surface area contributed by atoms with Crippen LogP contribution in [-0.4, -0.2) is 24.5 Å². The average molecular weight is 322 g/mol. The van der Waals surface area contributed by atoms with Crippen LogP contribution in [0.25, 0.3) is 0 Å². The lowest BCUT2D eigenvalue weighted by molar-refractivity contribution is -0.122. The summed E-state index contributed by atoms with van der Waals surface area (Å²) in [6.07, 6.45) is 0.200. The predicted molar refractivity (Wildman–Crippen MR) is 77.8 cm³/mol. The van der Waals surface area contributed by atoms with Gasteiger partial charge in [-0.15, -0.1) is 0 Å². The Morgan fingerprint density at radius 2 is 2.32 bits per heavy atom. The second kappa shape index (κ2) is 5.72. The molecule has 1 aromatic carbocycles. The summed E-state index contributed by atoms with van der Waals surface area (Å²) in [5.74, 6) is -0.0372. The molecule has 0 spiro atoms. The van der Waals surface area contributed by atoms with Crippen molar-refractivity contribution in [3.63, 3.8) is 0 Å². The van der Waals surface area contributed by atoms with Gasteiger partial charge in [-0.3, -0.25) is 4.79 Å². The molecule has 0 aromatic heterocycles. The number of nitrogens with one attached hydrogen (secondary N) is 1. The Morgan fingerprint density at radius 3 is 2.95 bits per heavy atom. The number of benzene rings is 1. The molecule has 100 valence electrons. The molecule has 0 radical (unpaired) electrons. The van der Waals surface area contributed by atoms with Gasteiger partial charge in [-0.2, -0.15) is 5.26 Å². The van der Waals surface area contributed by atoms with Crippen LogP contribution in [-0.2, 0) is 4.79 Å². The third kappa shape index (κ3) is 2.80. The summed E-state index contributed by atoms with van der Waals surface area (Å²) in [6.45, 7) is 4.70. The first-order valence-corrected chi connectivity index (χ1v) is 7.03. The fourth-order valence-corrected chi connectivity index (χ4v) is 2.98. The number of amides is 1. The number of rotatable bonds is 2. The predicted octanol–water partition coefficient (Wildman–Crippen LogP) is 2.36. The van der Waals surface area contributed by atoms with Crippen molar-refractivity contribution >= 4 is 27.5 Å². The van der Waals surface area contributed by atoms with E-state index >= 15 is 0 Å². The second-order valence-electron chi connectivity index (χ2n) is 4.84. The maximum Gasteiger partial charge on any atom is 0.245 e. The molecule has 1 aromatic rings. The largest absolute Gasteiger partial charge is 0.306 e. The van der Waals surface area contributed by atoms with Crippen molar-refractivity contribution in [2.75, 3.05) is 11.4 Å². The van der Waals surface area contributed by atoms with Crippen LogP contribution in [0, 0.1) is 18.3 Å². The SMILES string of the molecule is Cc1ccc(N2C(=O)C(CC#N)NCC2C)c(Br)c1. The Kier molecular flexibility index (Phi) is 4.23. The highest BCUT2D eigenvalue weighted by Crippen LogP contribution is 2.30. The number of nitriles is 1. The number of anilines is 1. The van der Waals surface area contributed by atoms with E-state index in [-0.39, 0.29) is 18.4 Å². The van der Waals surface area contributed by atoms with E-state index in [9.17, 15) is 4.79 Å². The van der Waals surface area contributed by atoms with E-state index in [1.165, 1.54) is 0 Å². The van der Waals surface area contributed by atoms with Gasteiger partial charge in [0.05, 0.1) is 18.2 Å². The van der Waals surface area contributed by atoms with Gasteiger partial charge in [0.1, 0.15) is 6.04 Å². The zero-order chi connectivity index (χ0) is 14.0. The lowest BCUT2D eigenvalue weighted by Gasteiger charge is -2.38. The van der Waals surface area contributed by atoms with Crippen molar-refractivity contribution in [3.05, 3.63) is 28.2 Å². The van der Waals surface area contributed by atoms with Gasteiger partial charge in [0.25, 0.3) is 0 Å². The second-order valence-corrected chi connectivity index (χ2v) is 5.69. The quantitative estimate of drug-likeness (QED) is 0.909. The Labute approximate surface area is 121 Å². The first-order chi connectivity index (χ1) is 9.04. The molecule has 5 heteroatoms. The summed E-state index contributed by atoms with van der Waals surface area (Å²) in [6, 6.07) is 7.65. The number of piperazine rings is 1. The Balaban J connectivity index is 2.35. The fourth-order valence-electron chi connectivity index (χ4n) is 2.29. The van der Waals surface area contributed by atoms with E-state index in [4.69, 9.17) is 5.26 Å². The Bertz CT molecular complexity index is 538. The smallest absolute Gasteiger partial charge is 0.245 e. The first kappa shape index (κ1) is 14.0. The van der Waals surface area contributed by atoms with Gasteiger partial charge in [-0.1, -0.05) is 6.07 Å². The number of carbonyl (C=O) groups is 1. The number of hydrogen-bond acceptors (Lipinski definition) is 3. The summed E-state index contributed by atoms with van der Waals surface area (Å²) in [4.78, 5) is 14.2. The topological polar surface area (TPSA) is 56.1 Å². The van der Waals surface area contributed by atoms with Crippen LogP contribution in [0.3, 0.4) is 0 Å². The molecule has 4 nitrogen and oxygen atoms in total. The van der Waals surface area contributed by atoms with Gasteiger partial charge in [0, 0.05) is 17.1 Å². The van der Waals surface area contributed by atoms with E-state index in [1.807, 2.05) is 32.0 Å². The van der Waals surface area contributed by atoms with Gasteiger partial charge in [0.2, 0.25) is 5.91 Å². The van der Waals surface area contributed by atoms with Crippen LogP contribution in [0.2, 0.25) is 0 Å². The molecule has 1 aliphatic heterocycles. The molecular weight excluding hydrogens is 306 g/mol. The van der Waals surface area contributed by atoms with Crippen molar-refractivity contribution in [2.45, 2.75) is 32.4 Å². The standard InChI is InChI=1S/C14H16BrN3O/c1-9-3-4-13(11(15)7-9)18-10(2)8-17-12(5-6-16)14(18)19/h3-4,7,10,12,17H,5,8H2,1-2H3. The molecule has 1 fully saturated rings. The van der Waals surface area contributed by atoms with Gasteiger partial charge in [0.15, 0.2) is 0 Å². The molecule has 1 N–H and O–H groups in total. The normalized spacial score (nSPS) is 23.3. The molecule has 2 rings (SSSR count). The van der Waals surface area contributed by atoms with E-state index in [0.29, 0.717) is 6.54 Å². The van der Waals surface area contributed by atoms with Crippen molar-refractivity contribution in [1.82, 2.24) is 5.32 Å². The highest BCUT2D eigenvalue weighted by Gasteiger charge is 2.34. The van der Waals surface area contributed by atoms with E-state index in [0.717, 1.165) is 15.7 Å². The van der Waals surface area contributed by atoms with E-state index in [2.05, 4.69) is 27.3 Å². The third-order valence-electron chi connectivity index (χ3n) is 3.29. The minimum Gasteiger partial charge on any atom is -0.306 e. The van der Waals surface area contributed by atoms with E-state index in [1.54, 1.807) is 4.90 Å². The lowest BCUT2D eigenvalue weighted by atomic mass is 10.1. The highest BCUT2D eigenvalue weighted by molar-refractivity contribution is 9.10. The fraction of sp³-hybridized carbons (Fsp3) is 0.429. The number of aryl methyl sites for hydroxylation is 1. The van der Waals surface area contributed by atoms with Crippen LogP contribution >= 0.6 is 15.9 Å². The zero-order valence-corrected chi connectivity index (χ0v) is 12.6. The minimum absolute atomic E-state index is 0.0372. The average Bonchev–Trinajstić information content (AvgIpc) is 2.35. The maximum atomic E-state index is 12.5. The summed E-state index contributed by atoms with van der Waals surface area (Å²) >= 11 is 3.52. The van der Waals surface area contributed by atoms with Crippen molar-refractivity contribution in [3.8, 4) is 6.07 Å².